The number of hydrogen-bond donors (Lipinski definition) is 2. The van der Waals surface area contributed by atoms with Crippen LogP contribution in [-0.2, 0) is 11.3 Å². The molecule has 2 N–H and O–H groups in total. The van der Waals surface area contributed by atoms with Crippen LogP contribution in [0.4, 0.5) is 0 Å². The fourth-order valence-electron chi connectivity index (χ4n) is 1.87. The molecule has 1 aromatic rings. The number of imidazole rings is 1. The van der Waals surface area contributed by atoms with Crippen molar-refractivity contribution in [2.45, 2.75) is 52.1 Å². The van der Waals surface area contributed by atoms with E-state index in [4.69, 9.17) is 5.11 Å². The Morgan fingerprint density at radius 1 is 1.50 bits per heavy atom. The summed E-state index contributed by atoms with van der Waals surface area (Å²) in [5, 5.41) is 12.0. The van der Waals surface area contributed by atoms with Gasteiger partial charge in [0.05, 0.1) is 12.0 Å². The number of nitrogens with one attached hydrogen (secondary N) is 1. The van der Waals surface area contributed by atoms with Gasteiger partial charge in [-0.2, -0.15) is 0 Å². The van der Waals surface area contributed by atoms with Crippen molar-refractivity contribution in [1.29, 1.82) is 0 Å². The third-order valence-electron chi connectivity index (χ3n) is 3.69. The lowest BCUT2D eigenvalue weighted by Crippen LogP contribution is -2.47. The number of carbonyl (C=O) groups is 1. The molecule has 0 aromatic carbocycles. The van der Waals surface area contributed by atoms with Crippen LogP contribution in [0.5, 0.6) is 0 Å². The summed E-state index contributed by atoms with van der Waals surface area (Å²) in [6.45, 7) is 6.67. The molecule has 0 saturated heterocycles. The number of likely N-dealkylation sites (N-methyl/N-ethyl adjacent to an activating group) is 1. The molecule has 0 aliphatic heterocycles. The predicted octanol–water partition coefficient (Wildman–Crippen LogP) is 1.73. The summed E-state index contributed by atoms with van der Waals surface area (Å²) in [6.07, 6.45) is 4.31. The molecule has 1 rings (SSSR count). The Morgan fingerprint density at radius 3 is 2.61 bits per heavy atom. The van der Waals surface area contributed by atoms with Crippen LogP contribution in [0, 0.1) is 13.8 Å². The van der Waals surface area contributed by atoms with Gasteiger partial charge in [-0.05, 0) is 47.1 Å². The van der Waals surface area contributed by atoms with Crippen molar-refractivity contribution in [3.8, 4) is 0 Å². The van der Waals surface area contributed by atoms with E-state index in [0.29, 0.717) is 6.42 Å². The first-order valence-corrected chi connectivity index (χ1v) is 6.31. The molecule has 0 amide bonds. The maximum absolute atomic E-state index is 11.1. The van der Waals surface area contributed by atoms with Crippen molar-refractivity contribution < 1.29 is 9.90 Å². The highest BCUT2D eigenvalue weighted by molar-refractivity contribution is 5.78. The minimum atomic E-state index is -0.820. The smallest absolute Gasteiger partial charge is 0.323 e. The molecule has 0 aliphatic rings. The zero-order valence-electron chi connectivity index (χ0n) is 11.7. The first-order valence-electron chi connectivity index (χ1n) is 6.31. The zero-order valence-corrected chi connectivity index (χ0v) is 11.7. The van der Waals surface area contributed by atoms with Gasteiger partial charge in [-0.15, -0.1) is 0 Å². The monoisotopic (exact) mass is 253 g/mol. The number of unbranched alkanes of at least 4 members (excludes halogenated alkanes) is 1. The summed E-state index contributed by atoms with van der Waals surface area (Å²) in [5.41, 5.74) is 1.42. The van der Waals surface area contributed by atoms with Crippen molar-refractivity contribution in [1.82, 2.24) is 14.9 Å². The van der Waals surface area contributed by atoms with Gasteiger partial charge in [-0.25, -0.2) is 4.98 Å². The molecule has 0 fully saturated rings. The van der Waals surface area contributed by atoms with E-state index in [-0.39, 0.29) is 0 Å². The number of rotatable bonds is 7. The Hall–Kier alpha value is -1.36. The summed E-state index contributed by atoms with van der Waals surface area (Å²) < 4.78 is 2.12. The van der Waals surface area contributed by atoms with E-state index in [1.54, 1.807) is 14.0 Å². The van der Waals surface area contributed by atoms with Gasteiger partial charge in [-0.1, -0.05) is 0 Å². The van der Waals surface area contributed by atoms with Crippen molar-refractivity contribution >= 4 is 5.97 Å². The number of hydrogen-bond acceptors (Lipinski definition) is 3. The average Bonchev–Trinajstić information content (AvgIpc) is 2.65. The maximum atomic E-state index is 11.1. The largest absolute Gasteiger partial charge is 0.480 e. The minimum absolute atomic E-state index is 0.631. The Bertz CT molecular complexity index is 414. The van der Waals surface area contributed by atoms with Crippen LogP contribution in [-0.4, -0.2) is 33.2 Å². The van der Waals surface area contributed by atoms with Gasteiger partial charge < -0.3 is 15.0 Å². The van der Waals surface area contributed by atoms with Crippen molar-refractivity contribution in [3.05, 3.63) is 17.7 Å². The number of aromatic nitrogens is 2. The second-order valence-corrected chi connectivity index (χ2v) is 4.95. The van der Waals surface area contributed by atoms with Gasteiger partial charge in [-0.3, -0.25) is 4.79 Å². The average molecular weight is 253 g/mol. The number of aryl methyl sites for hydroxylation is 2. The van der Waals surface area contributed by atoms with Gasteiger partial charge >= 0.3 is 5.97 Å². The van der Waals surface area contributed by atoms with Crippen LogP contribution in [0.25, 0.3) is 0 Å². The lowest BCUT2D eigenvalue weighted by molar-refractivity contribution is -0.144. The highest BCUT2D eigenvalue weighted by Gasteiger charge is 2.29. The molecule has 0 spiro atoms. The van der Waals surface area contributed by atoms with E-state index < -0.39 is 11.5 Å². The van der Waals surface area contributed by atoms with Crippen LogP contribution in [0.1, 0.15) is 37.6 Å². The zero-order chi connectivity index (χ0) is 13.8. The molecule has 0 bridgehead atoms. The quantitative estimate of drug-likeness (QED) is 0.726. The lowest BCUT2D eigenvalue weighted by atomic mass is 9.95. The Morgan fingerprint density at radius 2 is 2.17 bits per heavy atom. The first-order chi connectivity index (χ1) is 8.40. The number of nitrogens with zero attached hydrogens (tertiary/aromatic N) is 2. The predicted molar refractivity (Wildman–Crippen MR) is 70.7 cm³/mol. The molecule has 5 heteroatoms. The van der Waals surface area contributed by atoms with E-state index in [1.807, 2.05) is 13.3 Å². The molecule has 1 atom stereocenters. The molecule has 0 radical (unpaired) electrons. The summed E-state index contributed by atoms with van der Waals surface area (Å²) >= 11 is 0. The number of carboxylic acid groups (broad SMARTS) is 1. The fourth-order valence-corrected chi connectivity index (χ4v) is 1.87. The SMILES string of the molecule is CNC(C)(CCCCn1cnc(C)c1C)C(=O)O. The van der Waals surface area contributed by atoms with E-state index in [1.165, 1.54) is 5.69 Å². The topological polar surface area (TPSA) is 67.2 Å². The molecule has 0 saturated carbocycles. The minimum Gasteiger partial charge on any atom is -0.480 e. The molecular weight excluding hydrogens is 230 g/mol. The third kappa shape index (κ3) is 3.32. The molecule has 0 aliphatic carbocycles. The standard InChI is InChI=1S/C13H23N3O2/c1-10-11(2)16(9-15-10)8-6-5-7-13(3,14-4)12(17)18/h9,14H,5-8H2,1-4H3,(H,17,18). The van der Waals surface area contributed by atoms with Gasteiger partial charge in [0.2, 0.25) is 0 Å². The van der Waals surface area contributed by atoms with E-state index in [9.17, 15) is 4.79 Å². The van der Waals surface area contributed by atoms with E-state index >= 15 is 0 Å². The van der Waals surface area contributed by atoms with Crippen LogP contribution >= 0.6 is 0 Å². The molecule has 18 heavy (non-hydrogen) atoms. The van der Waals surface area contributed by atoms with Gasteiger partial charge in [0, 0.05) is 12.2 Å². The second kappa shape index (κ2) is 6.00. The fraction of sp³-hybridized carbons (Fsp3) is 0.692. The Kier molecular flexibility index (Phi) is 4.90. The normalized spacial score (nSPS) is 14.4. The molecule has 1 aromatic heterocycles. The van der Waals surface area contributed by atoms with E-state index in [2.05, 4.69) is 21.8 Å². The Balaban J connectivity index is 2.39. The van der Waals surface area contributed by atoms with Crippen LogP contribution < -0.4 is 5.32 Å². The lowest BCUT2D eigenvalue weighted by Gasteiger charge is -2.23. The molecule has 1 unspecified atom stereocenters. The van der Waals surface area contributed by atoms with Gasteiger partial charge in [0.25, 0.3) is 0 Å². The summed E-state index contributed by atoms with van der Waals surface area (Å²) in [5.74, 6) is -0.792. The molecule has 102 valence electrons. The van der Waals surface area contributed by atoms with E-state index in [0.717, 1.165) is 25.1 Å². The van der Waals surface area contributed by atoms with Gasteiger partial charge in [0.15, 0.2) is 0 Å². The van der Waals surface area contributed by atoms with Crippen LogP contribution in [0.2, 0.25) is 0 Å². The highest BCUT2D eigenvalue weighted by atomic mass is 16.4. The molecule has 1 heterocycles. The number of aliphatic carboxylic acids is 1. The first kappa shape index (κ1) is 14.7. The summed E-state index contributed by atoms with van der Waals surface area (Å²) in [7, 11) is 1.69. The number of carboxylic acids is 1. The second-order valence-electron chi connectivity index (χ2n) is 4.95. The van der Waals surface area contributed by atoms with Crippen molar-refractivity contribution in [2.24, 2.45) is 0 Å². The maximum Gasteiger partial charge on any atom is 0.323 e. The summed E-state index contributed by atoms with van der Waals surface area (Å²) in [4.78, 5) is 15.3. The van der Waals surface area contributed by atoms with Gasteiger partial charge in [0.1, 0.15) is 5.54 Å². The van der Waals surface area contributed by atoms with Crippen molar-refractivity contribution in [2.75, 3.05) is 7.05 Å². The van der Waals surface area contributed by atoms with Crippen molar-refractivity contribution in [3.63, 3.8) is 0 Å². The summed E-state index contributed by atoms with van der Waals surface area (Å²) in [6, 6.07) is 0. The molecule has 5 nitrogen and oxygen atoms in total. The van der Waals surface area contributed by atoms with Crippen LogP contribution in [0.15, 0.2) is 6.33 Å². The third-order valence-corrected chi connectivity index (χ3v) is 3.69. The van der Waals surface area contributed by atoms with Crippen LogP contribution in [0.3, 0.4) is 0 Å². The molecular formula is C13H23N3O2. The Labute approximate surface area is 108 Å². The highest BCUT2D eigenvalue weighted by Crippen LogP contribution is 2.15.